The quantitative estimate of drug-likeness (QED) is 0.746. The number of carbonyl (C=O) groups is 2. The van der Waals surface area contributed by atoms with Crippen LogP contribution in [0.25, 0.3) is 0 Å². The summed E-state index contributed by atoms with van der Waals surface area (Å²) in [5, 5.41) is 8.41. The fourth-order valence-corrected chi connectivity index (χ4v) is 2.53. The normalized spacial score (nSPS) is 18.0. The van der Waals surface area contributed by atoms with Crippen molar-refractivity contribution in [3.8, 4) is 0 Å². The summed E-state index contributed by atoms with van der Waals surface area (Å²) in [7, 11) is 0. The van der Waals surface area contributed by atoms with Gasteiger partial charge in [-0.05, 0) is 31.0 Å². The second kappa shape index (κ2) is 8.94. The van der Waals surface area contributed by atoms with Gasteiger partial charge in [0, 0.05) is 12.6 Å². The van der Waals surface area contributed by atoms with E-state index in [9.17, 15) is 18.4 Å². The van der Waals surface area contributed by atoms with Gasteiger partial charge in [0.25, 0.3) is 5.91 Å². The van der Waals surface area contributed by atoms with Crippen LogP contribution in [0.5, 0.6) is 0 Å². The molecule has 0 aromatic heterocycles. The lowest BCUT2D eigenvalue weighted by Crippen LogP contribution is -2.52. The van der Waals surface area contributed by atoms with Crippen LogP contribution in [0.1, 0.15) is 30.6 Å². The molecular formula is C16H22ClF2N3O2. The SMILES string of the molecule is CC(C)C(NC(=O)c1c(F)cccc1F)C(=O)NC1CCNC1.Cl. The number of halogens is 3. The predicted octanol–water partition coefficient (Wildman–Crippen LogP) is 1.62. The zero-order valence-electron chi connectivity index (χ0n) is 13.6. The highest BCUT2D eigenvalue weighted by molar-refractivity contribution is 5.98. The minimum absolute atomic E-state index is 0. The molecule has 1 heterocycles. The second-order valence-electron chi connectivity index (χ2n) is 5.99. The van der Waals surface area contributed by atoms with E-state index in [0.717, 1.165) is 25.1 Å². The van der Waals surface area contributed by atoms with Crippen molar-refractivity contribution in [2.45, 2.75) is 32.4 Å². The fourth-order valence-electron chi connectivity index (χ4n) is 2.53. The molecule has 1 aromatic carbocycles. The highest BCUT2D eigenvalue weighted by Gasteiger charge is 2.29. The smallest absolute Gasteiger partial charge is 0.257 e. The lowest BCUT2D eigenvalue weighted by molar-refractivity contribution is -0.124. The first-order valence-electron chi connectivity index (χ1n) is 7.66. The Balaban J connectivity index is 0.00000288. The molecular weight excluding hydrogens is 340 g/mol. The molecule has 0 radical (unpaired) electrons. The van der Waals surface area contributed by atoms with Crippen LogP contribution in [0.4, 0.5) is 8.78 Å². The Hall–Kier alpha value is -1.73. The van der Waals surface area contributed by atoms with Crippen LogP contribution in [0.15, 0.2) is 18.2 Å². The Morgan fingerprint density at radius 1 is 1.25 bits per heavy atom. The summed E-state index contributed by atoms with van der Waals surface area (Å²) in [6.45, 7) is 5.01. The lowest BCUT2D eigenvalue weighted by atomic mass is 10.0. The summed E-state index contributed by atoms with van der Waals surface area (Å²) >= 11 is 0. The lowest BCUT2D eigenvalue weighted by Gasteiger charge is -2.23. The van der Waals surface area contributed by atoms with E-state index in [2.05, 4.69) is 16.0 Å². The number of carbonyl (C=O) groups excluding carboxylic acids is 2. The molecule has 2 amide bonds. The monoisotopic (exact) mass is 361 g/mol. The summed E-state index contributed by atoms with van der Waals surface area (Å²) in [4.78, 5) is 24.5. The molecule has 1 fully saturated rings. The number of hydrogen-bond acceptors (Lipinski definition) is 3. The summed E-state index contributed by atoms with van der Waals surface area (Å²) in [5.41, 5.74) is -0.673. The molecule has 0 saturated carbocycles. The van der Waals surface area contributed by atoms with Crippen LogP contribution in [-0.2, 0) is 4.79 Å². The molecule has 5 nitrogen and oxygen atoms in total. The third-order valence-corrected chi connectivity index (χ3v) is 3.83. The average molecular weight is 362 g/mol. The molecule has 2 atom stereocenters. The van der Waals surface area contributed by atoms with Crippen molar-refractivity contribution in [1.29, 1.82) is 0 Å². The van der Waals surface area contributed by atoms with Crippen LogP contribution in [0.2, 0.25) is 0 Å². The van der Waals surface area contributed by atoms with Gasteiger partial charge in [-0.1, -0.05) is 19.9 Å². The fraction of sp³-hybridized carbons (Fsp3) is 0.500. The highest BCUT2D eigenvalue weighted by Crippen LogP contribution is 2.13. The standard InChI is InChI=1S/C16H21F2N3O2.ClH/c1-9(2)14(16(23)20-10-6-7-19-8-10)21-15(22)13-11(17)4-3-5-12(13)18;/h3-5,9-10,14,19H,6-8H2,1-2H3,(H,20,23)(H,21,22);1H. The van der Waals surface area contributed by atoms with E-state index in [0.29, 0.717) is 6.54 Å². The third-order valence-electron chi connectivity index (χ3n) is 3.83. The van der Waals surface area contributed by atoms with E-state index in [1.54, 1.807) is 13.8 Å². The minimum Gasteiger partial charge on any atom is -0.350 e. The van der Waals surface area contributed by atoms with Crippen molar-refractivity contribution in [2.75, 3.05) is 13.1 Å². The van der Waals surface area contributed by atoms with Crippen molar-refractivity contribution in [1.82, 2.24) is 16.0 Å². The van der Waals surface area contributed by atoms with Gasteiger partial charge in [0.15, 0.2) is 0 Å². The molecule has 3 N–H and O–H groups in total. The molecule has 1 aromatic rings. The van der Waals surface area contributed by atoms with E-state index in [1.807, 2.05) is 0 Å². The first-order chi connectivity index (χ1) is 10.9. The molecule has 2 unspecified atom stereocenters. The molecule has 1 aliphatic rings. The topological polar surface area (TPSA) is 70.2 Å². The van der Waals surface area contributed by atoms with Crippen molar-refractivity contribution >= 4 is 24.2 Å². The van der Waals surface area contributed by atoms with Gasteiger partial charge in [0.1, 0.15) is 23.2 Å². The van der Waals surface area contributed by atoms with E-state index in [4.69, 9.17) is 0 Å². The van der Waals surface area contributed by atoms with Gasteiger partial charge in [0.2, 0.25) is 5.91 Å². The summed E-state index contributed by atoms with van der Waals surface area (Å²) in [6, 6.07) is 2.34. The number of benzene rings is 1. The van der Waals surface area contributed by atoms with E-state index in [-0.39, 0.29) is 30.3 Å². The van der Waals surface area contributed by atoms with Gasteiger partial charge in [-0.15, -0.1) is 12.4 Å². The van der Waals surface area contributed by atoms with Crippen LogP contribution in [-0.4, -0.2) is 37.0 Å². The Morgan fingerprint density at radius 3 is 2.38 bits per heavy atom. The Kier molecular flexibility index (Phi) is 7.57. The van der Waals surface area contributed by atoms with Crippen LogP contribution >= 0.6 is 12.4 Å². The first kappa shape index (κ1) is 20.3. The Morgan fingerprint density at radius 2 is 1.88 bits per heavy atom. The Labute approximate surface area is 146 Å². The Bertz CT molecular complexity index is 572. The molecule has 134 valence electrons. The molecule has 8 heteroatoms. The van der Waals surface area contributed by atoms with Gasteiger partial charge in [-0.25, -0.2) is 8.78 Å². The molecule has 0 bridgehead atoms. The summed E-state index contributed by atoms with van der Waals surface area (Å²) in [5.74, 6) is -3.41. The van der Waals surface area contributed by atoms with Gasteiger partial charge >= 0.3 is 0 Å². The average Bonchev–Trinajstić information content (AvgIpc) is 2.97. The molecule has 1 aliphatic heterocycles. The maximum Gasteiger partial charge on any atom is 0.257 e. The van der Waals surface area contributed by atoms with Crippen LogP contribution in [0, 0.1) is 17.6 Å². The largest absolute Gasteiger partial charge is 0.350 e. The van der Waals surface area contributed by atoms with Gasteiger partial charge in [-0.3, -0.25) is 9.59 Å². The maximum absolute atomic E-state index is 13.7. The van der Waals surface area contributed by atoms with Gasteiger partial charge in [0.05, 0.1) is 0 Å². The van der Waals surface area contributed by atoms with Crippen molar-refractivity contribution in [3.63, 3.8) is 0 Å². The molecule has 0 aliphatic carbocycles. The van der Waals surface area contributed by atoms with Crippen molar-refractivity contribution in [2.24, 2.45) is 5.92 Å². The summed E-state index contributed by atoms with van der Waals surface area (Å²) in [6.07, 6.45) is 0.812. The van der Waals surface area contributed by atoms with Gasteiger partial charge in [-0.2, -0.15) is 0 Å². The molecule has 2 rings (SSSR count). The first-order valence-corrected chi connectivity index (χ1v) is 7.66. The van der Waals surface area contributed by atoms with E-state index in [1.165, 1.54) is 6.07 Å². The van der Waals surface area contributed by atoms with Crippen molar-refractivity contribution in [3.05, 3.63) is 35.4 Å². The molecule has 1 saturated heterocycles. The van der Waals surface area contributed by atoms with Crippen LogP contribution in [0.3, 0.4) is 0 Å². The minimum atomic E-state index is -0.953. The molecule has 24 heavy (non-hydrogen) atoms. The maximum atomic E-state index is 13.7. The highest BCUT2D eigenvalue weighted by atomic mass is 35.5. The number of rotatable bonds is 5. The van der Waals surface area contributed by atoms with E-state index >= 15 is 0 Å². The second-order valence-corrected chi connectivity index (χ2v) is 5.99. The number of nitrogens with one attached hydrogen (secondary N) is 3. The third kappa shape index (κ3) is 4.88. The van der Waals surface area contributed by atoms with Gasteiger partial charge < -0.3 is 16.0 Å². The zero-order valence-corrected chi connectivity index (χ0v) is 14.4. The van der Waals surface area contributed by atoms with Crippen molar-refractivity contribution < 1.29 is 18.4 Å². The zero-order chi connectivity index (χ0) is 17.0. The van der Waals surface area contributed by atoms with E-state index < -0.39 is 29.1 Å². The molecule has 0 spiro atoms. The number of hydrogen-bond donors (Lipinski definition) is 3. The predicted molar refractivity (Wildman–Crippen MR) is 89.1 cm³/mol. The number of amides is 2. The van der Waals surface area contributed by atoms with Crippen LogP contribution < -0.4 is 16.0 Å². The summed E-state index contributed by atoms with van der Waals surface area (Å²) < 4.78 is 27.3.